The molecule has 0 amide bonds. The van der Waals surface area contributed by atoms with E-state index in [4.69, 9.17) is 25.5 Å². The van der Waals surface area contributed by atoms with Crippen molar-refractivity contribution in [1.82, 2.24) is 0 Å². The van der Waals surface area contributed by atoms with Gasteiger partial charge in [0.05, 0.1) is 6.61 Å². The monoisotopic (exact) mass is 166 g/mol. The van der Waals surface area contributed by atoms with E-state index < -0.39 is 30.9 Å². The molecule has 0 spiro atoms. The summed E-state index contributed by atoms with van der Waals surface area (Å²) in [4.78, 5) is 0. The highest BCUT2D eigenvalue weighted by Crippen LogP contribution is 2.30. The predicted molar refractivity (Wildman–Crippen MR) is 31.2 cm³/mol. The summed E-state index contributed by atoms with van der Waals surface area (Å²) >= 11 is 0. The molecular weight excluding hydrogens is 156 g/mol. The van der Waals surface area contributed by atoms with E-state index in [0.717, 1.165) is 0 Å². The van der Waals surface area contributed by atoms with Crippen LogP contribution in [-0.4, -0.2) is 56.4 Å². The molecule has 0 bridgehead atoms. The molecule has 0 aromatic heterocycles. The summed E-state index contributed by atoms with van der Waals surface area (Å²) in [6.07, 6.45) is -1.38. The average molecular weight is 166 g/mol. The quantitative estimate of drug-likeness (QED) is 0.261. The SMILES string of the molecule is OC[C@H]1OCC(O)(O)C1(O)O. The maximum absolute atomic E-state index is 8.95. The third-order valence-corrected chi connectivity index (χ3v) is 1.69. The minimum Gasteiger partial charge on any atom is -0.393 e. The summed E-state index contributed by atoms with van der Waals surface area (Å²) in [5, 5.41) is 44.1. The van der Waals surface area contributed by atoms with Crippen molar-refractivity contribution in [2.75, 3.05) is 13.2 Å². The first kappa shape index (κ1) is 8.85. The maximum atomic E-state index is 8.95. The molecule has 1 saturated heterocycles. The zero-order valence-corrected chi connectivity index (χ0v) is 5.64. The summed E-state index contributed by atoms with van der Waals surface area (Å²) < 4.78 is 4.48. The Bertz CT molecular complexity index is 153. The van der Waals surface area contributed by atoms with Gasteiger partial charge in [0.25, 0.3) is 0 Å². The molecular formula is C5H10O6. The fourth-order valence-corrected chi connectivity index (χ4v) is 0.877. The molecule has 1 heterocycles. The first-order valence-corrected chi connectivity index (χ1v) is 3.04. The van der Waals surface area contributed by atoms with Crippen molar-refractivity contribution in [1.29, 1.82) is 0 Å². The van der Waals surface area contributed by atoms with Crippen molar-refractivity contribution in [3.05, 3.63) is 0 Å². The smallest absolute Gasteiger partial charge is 0.250 e. The van der Waals surface area contributed by atoms with E-state index in [-0.39, 0.29) is 0 Å². The van der Waals surface area contributed by atoms with Crippen molar-refractivity contribution < 1.29 is 30.3 Å². The lowest BCUT2D eigenvalue weighted by atomic mass is 10.1. The van der Waals surface area contributed by atoms with Crippen LogP contribution in [0.1, 0.15) is 0 Å². The Balaban J connectivity index is 2.81. The second kappa shape index (κ2) is 2.37. The Morgan fingerprint density at radius 1 is 1.27 bits per heavy atom. The van der Waals surface area contributed by atoms with Gasteiger partial charge in [-0.15, -0.1) is 0 Å². The van der Waals surface area contributed by atoms with Gasteiger partial charge in [0, 0.05) is 0 Å². The van der Waals surface area contributed by atoms with Crippen LogP contribution in [0.4, 0.5) is 0 Å². The van der Waals surface area contributed by atoms with E-state index in [1.807, 2.05) is 0 Å². The third kappa shape index (κ3) is 1.13. The van der Waals surface area contributed by atoms with Gasteiger partial charge in [-0.1, -0.05) is 0 Å². The summed E-state index contributed by atoms with van der Waals surface area (Å²) in [6, 6.07) is 0. The van der Waals surface area contributed by atoms with Gasteiger partial charge in [-0.05, 0) is 0 Å². The van der Waals surface area contributed by atoms with Gasteiger partial charge in [-0.2, -0.15) is 0 Å². The van der Waals surface area contributed by atoms with Gasteiger partial charge < -0.3 is 30.3 Å². The highest BCUT2D eigenvalue weighted by molar-refractivity contribution is 4.94. The number of aliphatic hydroxyl groups excluding tert-OH is 1. The molecule has 6 heteroatoms. The minimum absolute atomic E-state index is 0.634. The van der Waals surface area contributed by atoms with Gasteiger partial charge >= 0.3 is 0 Å². The molecule has 0 aromatic carbocycles. The predicted octanol–water partition coefficient (Wildman–Crippen LogP) is -3.26. The van der Waals surface area contributed by atoms with Gasteiger partial charge in [0.2, 0.25) is 11.6 Å². The minimum atomic E-state index is -2.80. The number of rotatable bonds is 1. The topological polar surface area (TPSA) is 110 Å². The first-order valence-electron chi connectivity index (χ1n) is 3.04. The van der Waals surface area contributed by atoms with Crippen LogP contribution in [0.15, 0.2) is 0 Å². The fourth-order valence-electron chi connectivity index (χ4n) is 0.877. The summed E-state index contributed by atoms with van der Waals surface area (Å²) in [5.74, 6) is -5.51. The fraction of sp³-hybridized carbons (Fsp3) is 1.00. The second-order valence-corrected chi connectivity index (χ2v) is 2.52. The van der Waals surface area contributed by atoms with Crippen LogP contribution in [0.5, 0.6) is 0 Å². The van der Waals surface area contributed by atoms with Crippen LogP contribution in [0, 0.1) is 0 Å². The lowest BCUT2D eigenvalue weighted by molar-refractivity contribution is -0.341. The van der Waals surface area contributed by atoms with Crippen LogP contribution in [0.2, 0.25) is 0 Å². The molecule has 5 N–H and O–H groups in total. The Kier molecular flexibility index (Phi) is 1.91. The van der Waals surface area contributed by atoms with Gasteiger partial charge in [-0.25, -0.2) is 0 Å². The van der Waals surface area contributed by atoms with Crippen molar-refractivity contribution in [2.24, 2.45) is 0 Å². The second-order valence-electron chi connectivity index (χ2n) is 2.52. The molecule has 0 aromatic rings. The van der Waals surface area contributed by atoms with Crippen LogP contribution < -0.4 is 0 Å². The largest absolute Gasteiger partial charge is 0.393 e. The highest BCUT2D eigenvalue weighted by Gasteiger charge is 2.59. The molecule has 1 atom stereocenters. The molecule has 0 aliphatic carbocycles. The van der Waals surface area contributed by atoms with E-state index >= 15 is 0 Å². The lowest BCUT2D eigenvalue weighted by Crippen LogP contribution is -2.57. The molecule has 6 nitrogen and oxygen atoms in total. The maximum Gasteiger partial charge on any atom is 0.250 e. The molecule has 1 aliphatic heterocycles. The first-order chi connectivity index (χ1) is 4.92. The van der Waals surface area contributed by atoms with Crippen LogP contribution in [-0.2, 0) is 4.74 Å². The van der Waals surface area contributed by atoms with E-state index in [1.54, 1.807) is 0 Å². The van der Waals surface area contributed by atoms with Crippen molar-refractivity contribution in [3.63, 3.8) is 0 Å². The van der Waals surface area contributed by atoms with Crippen molar-refractivity contribution in [2.45, 2.75) is 17.7 Å². The van der Waals surface area contributed by atoms with Crippen molar-refractivity contribution >= 4 is 0 Å². The standard InChI is InChI=1S/C5H10O6/c6-1-3-5(9,10)4(7,8)2-11-3/h3,6-10H,1-2H2/t3-/m1/s1. The Morgan fingerprint density at radius 2 is 1.82 bits per heavy atom. The van der Waals surface area contributed by atoms with Crippen LogP contribution in [0.3, 0.4) is 0 Å². The van der Waals surface area contributed by atoms with Gasteiger partial charge in [-0.3, -0.25) is 0 Å². The van der Waals surface area contributed by atoms with E-state index in [2.05, 4.69) is 4.74 Å². The molecule has 66 valence electrons. The number of hydrogen-bond acceptors (Lipinski definition) is 6. The zero-order chi connectivity index (χ0) is 8.70. The normalized spacial score (nSPS) is 34.1. The van der Waals surface area contributed by atoms with E-state index in [9.17, 15) is 0 Å². The third-order valence-electron chi connectivity index (χ3n) is 1.69. The Hall–Kier alpha value is -0.240. The van der Waals surface area contributed by atoms with E-state index in [1.165, 1.54) is 0 Å². The van der Waals surface area contributed by atoms with Crippen LogP contribution >= 0.6 is 0 Å². The molecule has 0 unspecified atom stereocenters. The summed E-state index contributed by atoms with van der Waals surface area (Å²) in [7, 11) is 0. The highest BCUT2D eigenvalue weighted by atomic mass is 16.7. The van der Waals surface area contributed by atoms with E-state index in [0.29, 0.717) is 0 Å². The number of aliphatic hydroxyl groups is 5. The molecule has 1 rings (SSSR count). The summed E-state index contributed by atoms with van der Waals surface area (Å²) in [5.41, 5.74) is 0. The summed E-state index contributed by atoms with van der Waals surface area (Å²) in [6.45, 7) is -1.32. The Labute approximate surface area is 62.3 Å². The molecule has 1 aliphatic rings. The molecule has 0 radical (unpaired) electrons. The number of hydrogen-bond donors (Lipinski definition) is 5. The average Bonchev–Trinajstić information content (AvgIpc) is 2.05. The number of ether oxygens (including phenoxy) is 1. The Morgan fingerprint density at radius 3 is 2.00 bits per heavy atom. The van der Waals surface area contributed by atoms with Gasteiger partial charge in [0.1, 0.15) is 12.7 Å². The molecule has 1 fully saturated rings. The molecule has 0 saturated carbocycles. The zero-order valence-electron chi connectivity index (χ0n) is 5.64. The van der Waals surface area contributed by atoms with Crippen LogP contribution in [0.25, 0.3) is 0 Å². The lowest BCUT2D eigenvalue weighted by Gasteiger charge is -2.28. The molecule has 11 heavy (non-hydrogen) atoms. The van der Waals surface area contributed by atoms with Gasteiger partial charge in [0.15, 0.2) is 0 Å². The van der Waals surface area contributed by atoms with Crippen molar-refractivity contribution in [3.8, 4) is 0 Å².